The maximum absolute atomic E-state index is 12.4. The highest BCUT2D eigenvalue weighted by atomic mass is 16.5. The Morgan fingerprint density at radius 3 is 2.83 bits per heavy atom. The zero-order chi connectivity index (χ0) is 21.3. The fourth-order valence-corrected chi connectivity index (χ4v) is 4.33. The quantitative estimate of drug-likeness (QED) is 0.496. The molecular weight excluding hydrogens is 378 g/mol. The zero-order valence-corrected chi connectivity index (χ0v) is 18.6. The van der Waals surface area contributed by atoms with Crippen LogP contribution in [0, 0.1) is 5.92 Å². The van der Waals surface area contributed by atoms with Crippen LogP contribution in [0.15, 0.2) is 35.3 Å². The maximum Gasteiger partial charge on any atom is 0.223 e. The Hall–Kier alpha value is -2.12. The number of guanidine groups is 1. The highest BCUT2D eigenvalue weighted by Gasteiger charge is 2.29. The monoisotopic (exact) mass is 415 g/mol. The molecule has 1 aromatic carbocycles. The first kappa shape index (κ1) is 22.6. The Labute approximate surface area is 180 Å². The number of hydrogen-bond acceptors (Lipinski definition) is 4. The van der Waals surface area contributed by atoms with Crippen molar-refractivity contribution in [3.8, 4) is 0 Å². The second-order valence-electron chi connectivity index (χ2n) is 8.49. The van der Waals surface area contributed by atoms with Crippen molar-refractivity contribution in [1.29, 1.82) is 0 Å². The van der Waals surface area contributed by atoms with Gasteiger partial charge in [-0.2, -0.15) is 0 Å². The number of nitrogens with zero attached hydrogens (tertiary/aromatic N) is 3. The first-order valence-corrected chi connectivity index (χ1v) is 11.2. The molecule has 7 nitrogen and oxygen atoms in total. The van der Waals surface area contributed by atoms with Crippen molar-refractivity contribution < 1.29 is 9.53 Å². The third-order valence-corrected chi connectivity index (χ3v) is 6.14. The summed E-state index contributed by atoms with van der Waals surface area (Å²) < 4.78 is 5.53. The number of ether oxygens (including phenoxy) is 1. The highest BCUT2D eigenvalue weighted by Crippen LogP contribution is 2.17. The number of morpholine rings is 1. The van der Waals surface area contributed by atoms with E-state index in [1.165, 1.54) is 5.56 Å². The standard InChI is InChI=1S/C23H37N5O2/c1-18(28-11-12-30-17-19(28)2)14-25-23(24-3)26-15-21-13-22(29)27(16-21)10-9-20-7-5-4-6-8-20/h4-8,18-19,21H,9-17H2,1-3H3,(H2,24,25,26). The van der Waals surface area contributed by atoms with E-state index in [1.54, 1.807) is 7.05 Å². The zero-order valence-electron chi connectivity index (χ0n) is 18.6. The number of carbonyl (C=O) groups excluding carboxylic acids is 1. The molecule has 1 aromatic rings. The third-order valence-electron chi connectivity index (χ3n) is 6.14. The van der Waals surface area contributed by atoms with Gasteiger partial charge in [-0.1, -0.05) is 30.3 Å². The SMILES string of the molecule is CN=C(NCC1CC(=O)N(CCc2ccccc2)C1)NCC(C)N1CCOCC1C. The highest BCUT2D eigenvalue weighted by molar-refractivity contribution is 5.80. The molecule has 166 valence electrons. The van der Waals surface area contributed by atoms with Gasteiger partial charge >= 0.3 is 0 Å². The van der Waals surface area contributed by atoms with Gasteiger partial charge in [-0.15, -0.1) is 0 Å². The van der Waals surface area contributed by atoms with Crippen LogP contribution in [0.2, 0.25) is 0 Å². The van der Waals surface area contributed by atoms with Gasteiger partial charge in [-0.3, -0.25) is 14.7 Å². The molecule has 2 saturated heterocycles. The van der Waals surface area contributed by atoms with Crippen LogP contribution in [0.3, 0.4) is 0 Å². The number of rotatable bonds is 8. The van der Waals surface area contributed by atoms with Gasteiger partial charge in [0.25, 0.3) is 0 Å². The van der Waals surface area contributed by atoms with Crippen LogP contribution in [0.1, 0.15) is 25.8 Å². The predicted molar refractivity (Wildman–Crippen MR) is 121 cm³/mol. The summed E-state index contributed by atoms with van der Waals surface area (Å²) in [7, 11) is 1.79. The van der Waals surface area contributed by atoms with Gasteiger partial charge in [0.2, 0.25) is 5.91 Å². The minimum Gasteiger partial charge on any atom is -0.379 e. The van der Waals surface area contributed by atoms with Crippen LogP contribution in [-0.2, 0) is 16.0 Å². The molecule has 3 atom stereocenters. The molecule has 2 fully saturated rings. The fourth-order valence-electron chi connectivity index (χ4n) is 4.33. The van der Waals surface area contributed by atoms with Crippen molar-refractivity contribution in [2.45, 2.75) is 38.8 Å². The van der Waals surface area contributed by atoms with E-state index in [9.17, 15) is 4.79 Å². The predicted octanol–water partition coefficient (Wildman–Crippen LogP) is 1.35. The molecule has 0 radical (unpaired) electrons. The third kappa shape index (κ3) is 6.44. The first-order valence-electron chi connectivity index (χ1n) is 11.2. The lowest BCUT2D eigenvalue weighted by atomic mass is 10.1. The van der Waals surface area contributed by atoms with Crippen molar-refractivity contribution in [1.82, 2.24) is 20.4 Å². The lowest BCUT2D eigenvalue weighted by molar-refractivity contribution is -0.127. The molecule has 3 rings (SSSR count). The summed E-state index contributed by atoms with van der Waals surface area (Å²) in [6.45, 7) is 10.2. The van der Waals surface area contributed by atoms with E-state index in [-0.39, 0.29) is 5.91 Å². The molecule has 2 aliphatic heterocycles. The Morgan fingerprint density at radius 1 is 1.30 bits per heavy atom. The van der Waals surface area contributed by atoms with E-state index in [2.05, 4.69) is 46.5 Å². The van der Waals surface area contributed by atoms with Gasteiger partial charge in [0, 0.05) is 64.2 Å². The summed E-state index contributed by atoms with van der Waals surface area (Å²) in [5, 5.41) is 6.85. The molecule has 0 saturated carbocycles. The molecule has 0 bridgehead atoms. The molecule has 1 amide bonds. The van der Waals surface area contributed by atoms with Crippen LogP contribution >= 0.6 is 0 Å². The second kappa shape index (κ2) is 11.3. The summed E-state index contributed by atoms with van der Waals surface area (Å²) in [4.78, 5) is 21.2. The van der Waals surface area contributed by atoms with E-state index >= 15 is 0 Å². The van der Waals surface area contributed by atoms with Gasteiger partial charge in [-0.25, -0.2) is 0 Å². The van der Waals surface area contributed by atoms with Crippen LogP contribution in [0.4, 0.5) is 0 Å². The average molecular weight is 416 g/mol. The van der Waals surface area contributed by atoms with Gasteiger partial charge in [0.1, 0.15) is 0 Å². The number of nitrogens with one attached hydrogen (secondary N) is 2. The van der Waals surface area contributed by atoms with Crippen molar-refractivity contribution in [3.63, 3.8) is 0 Å². The number of benzene rings is 1. The first-order chi connectivity index (χ1) is 14.6. The molecule has 0 spiro atoms. The number of hydrogen-bond donors (Lipinski definition) is 2. The normalized spacial score (nSPS) is 24.2. The molecular formula is C23H37N5O2. The lowest BCUT2D eigenvalue weighted by Crippen LogP contribution is -2.53. The molecule has 0 aliphatic carbocycles. The van der Waals surface area contributed by atoms with Crippen LogP contribution in [0.25, 0.3) is 0 Å². The summed E-state index contributed by atoms with van der Waals surface area (Å²) in [6, 6.07) is 11.2. The van der Waals surface area contributed by atoms with E-state index in [1.807, 2.05) is 23.1 Å². The van der Waals surface area contributed by atoms with E-state index in [0.29, 0.717) is 24.4 Å². The number of likely N-dealkylation sites (tertiary alicyclic amines) is 1. The summed E-state index contributed by atoms with van der Waals surface area (Å²) in [5.41, 5.74) is 1.28. The Balaban J connectivity index is 1.38. The number of aliphatic imine (C=N–C) groups is 1. The van der Waals surface area contributed by atoms with Gasteiger partial charge in [0.05, 0.1) is 13.2 Å². The fraction of sp³-hybridized carbons (Fsp3) is 0.652. The second-order valence-corrected chi connectivity index (χ2v) is 8.49. The maximum atomic E-state index is 12.4. The lowest BCUT2D eigenvalue weighted by Gasteiger charge is -2.38. The molecule has 0 aromatic heterocycles. The Bertz CT molecular complexity index is 696. The molecule has 2 N–H and O–H groups in total. The molecule has 7 heteroatoms. The Kier molecular flexibility index (Phi) is 8.51. The van der Waals surface area contributed by atoms with Crippen molar-refractivity contribution >= 4 is 11.9 Å². The number of amides is 1. The van der Waals surface area contributed by atoms with E-state index in [0.717, 1.165) is 58.3 Å². The topological polar surface area (TPSA) is 69.2 Å². The molecule has 3 unspecified atom stereocenters. The van der Waals surface area contributed by atoms with Crippen LogP contribution in [0.5, 0.6) is 0 Å². The largest absolute Gasteiger partial charge is 0.379 e. The van der Waals surface area contributed by atoms with Crippen molar-refractivity contribution in [3.05, 3.63) is 35.9 Å². The minimum atomic E-state index is 0.260. The van der Waals surface area contributed by atoms with E-state index in [4.69, 9.17) is 4.74 Å². The Morgan fingerprint density at radius 2 is 2.10 bits per heavy atom. The molecule has 30 heavy (non-hydrogen) atoms. The average Bonchev–Trinajstić information content (AvgIpc) is 3.12. The summed E-state index contributed by atoms with van der Waals surface area (Å²) in [5.74, 6) is 1.39. The van der Waals surface area contributed by atoms with Crippen LogP contribution < -0.4 is 10.6 Å². The molecule has 2 heterocycles. The van der Waals surface area contributed by atoms with Crippen LogP contribution in [-0.4, -0.2) is 86.7 Å². The summed E-state index contributed by atoms with van der Waals surface area (Å²) >= 11 is 0. The minimum absolute atomic E-state index is 0.260. The van der Waals surface area contributed by atoms with Gasteiger partial charge in [0.15, 0.2) is 5.96 Å². The van der Waals surface area contributed by atoms with E-state index < -0.39 is 0 Å². The van der Waals surface area contributed by atoms with Crippen molar-refractivity contribution in [2.75, 3.05) is 53.0 Å². The number of carbonyl (C=O) groups is 1. The smallest absolute Gasteiger partial charge is 0.223 e. The van der Waals surface area contributed by atoms with Gasteiger partial charge in [-0.05, 0) is 25.8 Å². The van der Waals surface area contributed by atoms with Gasteiger partial charge < -0.3 is 20.3 Å². The summed E-state index contributed by atoms with van der Waals surface area (Å²) in [6.07, 6.45) is 1.52. The van der Waals surface area contributed by atoms with Crippen molar-refractivity contribution in [2.24, 2.45) is 10.9 Å². The molecule has 2 aliphatic rings.